The molecule has 2 atom stereocenters. The Bertz CT molecular complexity index is 1180. The molecule has 2 heterocycles. The minimum atomic E-state index is 0.0285. The van der Waals surface area contributed by atoms with E-state index in [1.807, 2.05) is 24.3 Å². The summed E-state index contributed by atoms with van der Waals surface area (Å²) >= 11 is 0. The van der Waals surface area contributed by atoms with Gasteiger partial charge in [-0.3, -0.25) is 9.69 Å². The Morgan fingerprint density at radius 3 is 2.53 bits per heavy atom. The number of anilines is 2. The van der Waals surface area contributed by atoms with Gasteiger partial charge in [0.15, 0.2) is 0 Å². The molecule has 3 aromatic carbocycles. The van der Waals surface area contributed by atoms with Crippen molar-refractivity contribution in [3.05, 3.63) is 90.0 Å². The summed E-state index contributed by atoms with van der Waals surface area (Å²) in [7, 11) is 1.70. The summed E-state index contributed by atoms with van der Waals surface area (Å²) in [6.45, 7) is 6.38. The second-order valence-corrected chi connectivity index (χ2v) is 10.2. The predicted octanol–water partition coefficient (Wildman–Crippen LogP) is 3.69. The highest BCUT2D eigenvalue weighted by atomic mass is 16.5. The lowest BCUT2D eigenvalue weighted by Gasteiger charge is -2.36. The number of hydrogen-bond donors (Lipinski definition) is 3. The van der Waals surface area contributed by atoms with E-state index < -0.39 is 0 Å². The number of nitrogens with one attached hydrogen (secondary N) is 3. The first-order valence-corrected chi connectivity index (χ1v) is 13.7. The molecule has 2 aliphatic heterocycles. The molecule has 3 N–H and O–H groups in total. The molecule has 0 bridgehead atoms. The number of para-hydroxylation sites is 3. The zero-order chi connectivity index (χ0) is 26.2. The molecule has 38 heavy (non-hydrogen) atoms. The van der Waals surface area contributed by atoms with Gasteiger partial charge in [-0.2, -0.15) is 0 Å². The normalized spacial score (nSPS) is 17.9. The quantitative estimate of drug-likeness (QED) is 0.363. The van der Waals surface area contributed by atoms with Crippen LogP contribution in [0.2, 0.25) is 0 Å². The van der Waals surface area contributed by atoms with Gasteiger partial charge in [0, 0.05) is 74.7 Å². The van der Waals surface area contributed by atoms with E-state index >= 15 is 0 Å². The number of piperazine rings is 1. The van der Waals surface area contributed by atoms with Crippen molar-refractivity contribution in [3.8, 4) is 5.75 Å². The Hall–Kier alpha value is -3.55. The molecule has 5 rings (SSSR count). The van der Waals surface area contributed by atoms with E-state index in [1.165, 1.54) is 16.9 Å². The molecule has 200 valence electrons. The molecule has 1 fully saturated rings. The molecule has 7 nitrogen and oxygen atoms in total. The molecule has 0 spiro atoms. The lowest BCUT2D eigenvalue weighted by molar-refractivity contribution is -0.123. The summed E-state index contributed by atoms with van der Waals surface area (Å²) in [5.74, 6) is 1.35. The van der Waals surface area contributed by atoms with Crippen LogP contribution in [-0.4, -0.2) is 69.8 Å². The SMILES string of the molecule is COc1ccccc1CNCC(CC1CNc2ccccc21)NC(=O)CN1CCN(c2ccccc2)CC1. The molecule has 3 aromatic rings. The average Bonchev–Trinajstić information content (AvgIpc) is 3.37. The van der Waals surface area contributed by atoms with Crippen molar-refractivity contribution in [2.24, 2.45) is 0 Å². The van der Waals surface area contributed by atoms with E-state index in [0.717, 1.165) is 50.5 Å². The first kappa shape index (κ1) is 26.1. The lowest BCUT2D eigenvalue weighted by Crippen LogP contribution is -2.51. The minimum absolute atomic E-state index is 0.0285. The summed E-state index contributed by atoms with van der Waals surface area (Å²) in [6.07, 6.45) is 0.885. The van der Waals surface area contributed by atoms with Crippen LogP contribution in [0.4, 0.5) is 11.4 Å². The Morgan fingerprint density at radius 1 is 0.974 bits per heavy atom. The topological polar surface area (TPSA) is 68.9 Å². The highest BCUT2D eigenvalue weighted by Crippen LogP contribution is 2.34. The van der Waals surface area contributed by atoms with Crippen LogP contribution >= 0.6 is 0 Å². The van der Waals surface area contributed by atoms with E-state index in [0.29, 0.717) is 25.6 Å². The Balaban J connectivity index is 1.17. The highest BCUT2D eigenvalue weighted by Gasteiger charge is 2.27. The number of nitrogens with zero attached hydrogens (tertiary/aromatic N) is 2. The second-order valence-electron chi connectivity index (χ2n) is 10.2. The number of rotatable bonds is 11. The summed E-state index contributed by atoms with van der Waals surface area (Å²) in [6, 6.07) is 27.1. The number of methoxy groups -OCH3 is 1. The van der Waals surface area contributed by atoms with Crippen LogP contribution in [0.5, 0.6) is 5.75 Å². The van der Waals surface area contributed by atoms with E-state index in [4.69, 9.17) is 4.74 Å². The standard InChI is InChI=1S/C31H39N5O2/c1-38-30-14-8-5-9-24(30)20-32-22-26(19-25-21-33-29-13-7-6-12-28(25)29)34-31(37)23-35-15-17-36(18-16-35)27-10-3-2-4-11-27/h2-14,25-26,32-33H,15-23H2,1H3,(H,34,37). The lowest BCUT2D eigenvalue weighted by atomic mass is 9.93. The molecule has 2 unspecified atom stereocenters. The number of benzene rings is 3. The fraction of sp³-hybridized carbons (Fsp3) is 0.387. The number of amides is 1. The molecule has 0 aromatic heterocycles. The molecule has 1 amide bonds. The molecular weight excluding hydrogens is 474 g/mol. The molecule has 0 saturated carbocycles. The van der Waals surface area contributed by atoms with Crippen LogP contribution in [0.1, 0.15) is 23.5 Å². The van der Waals surface area contributed by atoms with Gasteiger partial charge in [-0.1, -0.05) is 54.6 Å². The van der Waals surface area contributed by atoms with Crippen LogP contribution in [0, 0.1) is 0 Å². The van der Waals surface area contributed by atoms with Crippen LogP contribution in [-0.2, 0) is 11.3 Å². The summed E-state index contributed by atoms with van der Waals surface area (Å²) in [5, 5.41) is 10.5. The van der Waals surface area contributed by atoms with Gasteiger partial charge in [0.25, 0.3) is 0 Å². The average molecular weight is 514 g/mol. The van der Waals surface area contributed by atoms with Crippen molar-refractivity contribution in [2.75, 3.05) is 63.1 Å². The van der Waals surface area contributed by atoms with Gasteiger partial charge in [0.05, 0.1) is 13.7 Å². The molecule has 7 heteroatoms. The van der Waals surface area contributed by atoms with Crippen LogP contribution in [0.3, 0.4) is 0 Å². The smallest absolute Gasteiger partial charge is 0.234 e. The van der Waals surface area contributed by atoms with E-state index in [-0.39, 0.29) is 11.9 Å². The van der Waals surface area contributed by atoms with Gasteiger partial charge in [0.2, 0.25) is 5.91 Å². The van der Waals surface area contributed by atoms with E-state index in [9.17, 15) is 4.79 Å². The fourth-order valence-corrected chi connectivity index (χ4v) is 5.61. The van der Waals surface area contributed by atoms with Gasteiger partial charge in [-0.05, 0) is 36.2 Å². The monoisotopic (exact) mass is 513 g/mol. The van der Waals surface area contributed by atoms with E-state index in [2.05, 4.69) is 80.3 Å². The van der Waals surface area contributed by atoms with Crippen LogP contribution < -0.4 is 25.6 Å². The van der Waals surface area contributed by atoms with Gasteiger partial charge in [0.1, 0.15) is 5.75 Å². The highest BCUT2D eigenvalue weighted by molar-refractivity contribution is 5.78. The maximum absolute atomic E-state index is 13.2. The molecular formula is C31H39N5O2. The van der Waals surface area contributed by atoms with Crippen molar-refractivity contribution in [3.63, 3.8) is 0 Å². The van der Waals surface area contributed by atoms with Gasteiger partial charge >= 0.3 is 0 Å². The number of fused-ring (bicyclic) bond motifs is 1. The largest absolute Gasteiger partial charge is 0.496 e. The Kier molecular flexibility index (Phi) is 8.78. The second kappa shape index (κ2) is 12.8. The molecule has 0 radical (unpaired) electrons. The minimum Gasteiger partial charge on any atom is -0.496 e. The van der Waals surface area contributed by atoms with Crippen molar-refractivity contribution < 1.29 is 9.53 Å². The zero-order valence-corrected chi connectivity index (χ0v) is 22.2. The van der Waals surface area contributed by atoms with E-state index in [1.54, 1.807) is 7.11 Å². The molecule has 0 aliphatic carbocycles. The maximum atomic E-state index is 13.2. The van der Waals surface area contributed by atoms with Gasteiger partial charge in [-0.25, -0.2) is 0 Å². The third kappa shape index (κ3) is 6.65. The van der Waals surface area contributed by atoms with Crippen LogP contribution in [0.15, 0.2) is 78.9 Å². The van der Waals surface area contributed by atoms with Crippen molar-refractivity contribution in [2.45, 2.75) is 24.9 Å². The van der Waals surface area contributed by atoms with Crippen molar-refractivity contribution in [1.29, 1.82) is 0 Å². The van der Waals surface area contributed by atoms with Crippen LogP contribution in [0.25, 0.3) is 0 Å². The first-order chi connectivity index (χ1) is 18.7. The maximum Gasteiger partial charge on any atom is 0.234 e. The number of ether oxygens (including phenoxy) is 1. The summed E-state index contributed by atoms with van der Waals surface area (Å²) in [5.41, 5.74) is 4.92. The first-order valence-electron chi connectivity index (χ1n) is 13.7. The third-order valence-corrected chi connectivity index (χ3v) is 7.63. The summed E-state index contributed by atoms with van der Waals surface area (Å²) < 4.78 is 5.51. The van der Waals surface area contributed by atoms with Crippen molar-refractivity contribution >= 4 is 17.3 Å². The van der Waals surface area contributed by atoms with Crippen molar-refractivity contribution in [1.82, 2.24) is 15.5 Å². The zero-order valence-electron chi connectivity index (χ0n) is 22.2. The fourth-order valence-electron chi connectivity index (χ4n) is 5.61. The number of carbonyl (C=O) groups is 1. The molecule has 1 saturated heterocycles. The Labute approximate surface area is 226 Å². The van der Waals surface area contributed by atoms with Gasteiger partial charge < -0.3 is 25.6 Å². The third-order valence-electron chi connectivity index (χ3n) is 7.63. The summed E-state index contributed by atoms with van der Waals surface area (Å²) in [4.78, 5) is 17.9. The Morgan fingerprint density at radius 2 is 1.71 bits per heavy atom. The van der Waals surface area contributed by atoms with Gasteiger partial charge in [-0.15, -0.1) is 0 Å². The predicted molar refractivity (Wildman–Crippen MR) is 154 cm³/mol. The molecule has 2 aliphatic rings. The number of carbonyl (C=O) groups excluding carboxylic acids is 1. The number of hydrogen-bond acceptors (Lipinski definition) is 6.